The molecule has 6 nitrogen and oxygen atoms in total. The van der Waals surface area contributed by atoms with Crippen molar-refractivity contribution in [3.05, 3.63) is 68.6 Å². The van der Waals surface area contributed by atoms with E-state index in [9.17, 15) is 9.59 Å². The SMILES string of the molecule is O=C(NNC(=S)NNC(=O)c1ccc(Br)cc1)c1ccc(Br)cc1. The van der Waals surface area contributed by atoms with Crippen molar-refractivity contribution >= 4 is 61.0 Å². The molecule has 124 valence electrons. The first-order valence-corrected chi connectivity index (χ1v) is 8.63. The average molecular weight is 472 g/mol. The van der Waals surface area contributed by atoms with E-state index in [0.717, 1.165) is 8.95 Å². The van der Waals surface area contributed by atoms with Crippen LogP contribution in [0.3, 0.4) is 0 Å². The molecule has 0 fully saturated rings. The van der Waals surface area contributed by atoms with E-state index in [1.165, 1.54) is 0 Å². The lowest BCUT2D eigenvalue weighted by atomic mass is 10.2. The number of nitrogens with one attached hydrogen (secondary N) is 4. The molecule has 0 unspecified atom stereocenters. The first-order valence-electron chi connectivity index (χ1n) is 6.63. The van der Waals surface area contributed by atoms with Gasteiger partial charge in [0.05, 0.1) is 0 Å². The summed E-state index contributed by atoms with van der Waals surface area (Å²) in [4.78, 5) is 23.8. The minimum Gasteiger partial charge on any atom is -0.273 e. The fourth-order valence-corrected chi connectivity index (χ4v) is 2.24. The Bertz CT molecular complexity index is 688. The van der Waals surface area contributed by atoms with Crippen molar-refractivity contribution in [2.45, 2.75) is 0 Å². The van der Waals surface area contributed by atoms with E-state index in [4.69, 9.17) is 12.2 Å². The highest BCUT2D eigenvalue weighted by atomic mass is 79.9. The van der Waals surface area contributed by atoms with Gasteiger partial charge >= 0.3 is 0 Å². The summed E-state index contributed by atoms with van der Waals surface area (Å²) in [7, 11) is 0. The van der Waals surface area contributed by atoms with Gasteiger partial charge in [0.2, 0.25) is 5.11 Å². The molecule has 2 aromatic rings. The van der Waals surface area contributed by atoms with Gasteiger partial charge in [-0.1, -0.05) is 31.9 Å². The molecule has 0 aliphatic carbocycles. The van der Waals surface area contributed by atoms with Crippen LogP contribution in [0.4, 0.5) is 0 Å². The first kappa shape index (κ1) is 18.4. The minimum atomic E-state index is -0.356. The number of benzene rings is 2. The molecule has 0 aromatic heterocycles. The molecule has 0 saturated heterocycles. The lowest BCUT2D eigenvalue weighted by molar-refractivity contribution is 0.0943. The highest BCUT2D eigenvalue weighted by Gasteiger charge is 2.07. The summed E-state index contributed by atoms with van der Waals surface area (Å²) in [6.45, 7) is 0. The van der Waals surface area contributed by atoms with E-state index in [1.54, 1.807) is 48.5 Å². The van der Waals surface area contributed by atoms with Crippen LogP contribution in [0.5, 0.6) is 0 Å². The zero-order chi connectivity index (χ0) is 17.5. The quantitative estimate of drug-likeness (QED) is 0.400. The van der Waals surface area contributed by atoms with Crippen molar-refractivity contribution in [2.75, 3.05) is 0 Å². The van der Waals surface area contributed by atoms with Gasteiger partial charge in [0.25, 0.3) is 11.8 Å². The second kappa shape index (κ2) is 8.76. The van der Waals surface area contributed by atoms with Gasteiger partial charge < -0.3 is 0 Å². The molecule has 0 aliphatic heterocycles. The highest BCUT2D eigenvalue weighted by Crippen LogP contribution is 2.10. The zero-order valence-electron chi connectivity index (χ0n) is 12.1. The van der Waals surface area contributed by atoms with E-state index in [0.29, 0.717) is 11.1 Å². The number of hydrogen-bond acceptors (Lipinski definition) is 3. The third-order valence-electron chi connectivity index (χ3n) is 2.79. The highest BCUT2D eigenvalue weighted by molar-refractivity contribution is 9.10. The lowest BCUT2D eigenvalue weighted by Gasteiger charge is -2.12. The molecule has 2 aromatic carbocycles. The average Bonchev–Trinajstić information content (AvgIpc) is 2.58. The van der Waals surface area contributed by atoms with Crippen molar-refractivity contribution < 1.29 is 9.59 Å². The second-order valence-corrected chi connectivity index (χ2v) is 6.74. The largest absolute Gasteiger partial charge is 0.273 e. The number of hydrogen-bond donors (Lipinski definition) is 4. The lowest BCUT2D eigenvalue weighted by Crippen LogP contribution is -2.52. The molecule has 0 radical (unpaired) electrons. The molecule has 2 rings (SSSR count). The van der Waals surface area contributed by atoms with Crippen molar-refractivity contribution in [3.63, 3.8) is 0 Å². The second-order valence-electron chi connectivity index (χ2n) is 4.50. The number of rotatable bonds is 2. The van der Waals surface area contributed by atoms with Crippen LogP contribution in [-0.2, 0) is 0 Å². The molecule has 2 amide bonds. The van der Waals surface area contributed by atoms with Gasteiger partial charge in [0.1, 0.15) is 0 Å². The summed E-state index contributed by atoms with van der Waals surface area (Å²) < 4.78 is 1.75. The Morgan fingerprint density at radius 1 is 0.667 bits per heavy atom. The van der Waals surface area contributed by atoms with Gasteiger partial charge in [-0.05, 0) is 60.7 Å². The number of thiocarbonyl (C=S) groups is 1. The van der Waals surface area contributed by atoms with Crippen LogP contribution in [0.2, 0.25) is 0 Å². The van der Waals surface area contributed by atoms with Crippen LogP contribution in [0.25, 0.3) is 0 Å². The molecule has 4 N–H and O–H groups in total. The first-order chi connectivity index (χ1) is 11.5. The fraction of sp³-hybridized carbons (Fsp3) is 0. The van der Waals surface area contributed by atoms with Gasteiger partial charge in [-0.25, -0.2) is 0 Å². The van der Waals surface area contributed by atoms with Crippen LogP contribution < -0.4 is 21.7 Å². The third-order valence-corrected chi connectivity index (χ3v) is 4.05. The smallest absolute Gasteiger partial charge is 0.269 e. The number of halogens is 2. The van der Waals surface area contributed by atoms with Crippen LogP contribution in [0.15, 0.2) is 57.5 Å². The van der Waals surface area contributed by atoms with Crippen LogP contribution in [-0.4, -0.2) is 16.9 Å². The normalized spacial score (nSPS) is 9.75. The molecule has 0 aliphatic rings. The van der Waals surface area contributed by atoms with Crippen molar-refractivity contribution in [3.8, 4) is 0 Å². The van der Waals surface area contributed by atoms with Gasteiger partial charge in [0.15, 0.2) is 0 Å². The summed E-state index contributed by atoms with van der Waals surface area (Å²) in [5.74, 6) is -0.711. The van der Waals surface area contributed by atoms with E-state index in [1.807, 2.05) is 0 Å². The maximum absolute atomic E-state index is 11.9. The van der Waals surface area contributed by atoms with Crippen molar-refractivity contribution in [1.29, 1.82) is 0 Å². The van der Waals surface area contributed by atoms with Gasteiger partial charge in [0, 0.05) is 20.1 Å². The van der Waals surface area contributed by atoms with Crippen LogP contribution in [0, 0.1) is 0 Å². The Hall–Kier alpha value is -1.97. The number of carbonyl (C=O) groups excluding carboxylic acids is 2. The Kier molecular flexibility index (Phi) is 6.71. The molecular weight excluding hydrogens is 460 g/mol. The summed E-state index contributed by atoms with van der Waals surface area (Å²) in [5.41, 5.74) is 10.8. The summed E-state index contributed by atoms with van der Waals surface area (Å²) in [6, 6.07) is 13.7. The topological polar surface area (TPSA) is 82.3 Å². The van der Waals surface area contributed by atoms with E-state index in [2.05, 4.69) is 53.6 Å². The van der Waals surface area contributed by atoms with Crippen molar-refractivity contribution in [2.24, 2.45) is 0 Å². The third kappa shape index (κ3) is 5.59. The van der Waals surface area contributed by atoms with E-state index < -0.39 is 0 Å². The van der Waals surface area contributed by atoms with Gasteiger partial charge in [-0.3, -0.25) is 31.3 Å². The van der Waals surface area contributed by atoms with Crippen LogP contribution in [0.1, 0.15) is 20.7 Å². The predicted molar refractivity (Wildman–Crippen MR) is 102 cm³/mol. The standard InChI is InChI=1S/C15H12Br2N4O2S/c16-11-5-1-9(2-6-11)13(22)18-20-15(24)21-19-14(23)10-3-7-12(17)8-4-10/h1-8H,(H,18,22)(H,19,23)(H2,20,21,24). The summed E-state index contributed by atoms with van der Waals surface area (Å²) in [6.07, 6.45) is 0. The molecule has 0 saturated carbocycles. The maximum atomic E-state index is 11.9. The van der Waals surface area contributed by atoms with Crippen molar-refractivity contribution in [1.82, 2.24) is 21.7 Å². The number of amides is 2. The Labute approximate surface area is 160 Å². The van der Waals surface area contributed by atoms with Gasteiger partial charge in [-0.2, -0.15) is 0 Å². The molecule has 24 heavy (non-hydrogen) atoms. The fourth-order valence-electron chi connectivity index (χ4n) is 1.61. The number of hydrazine groups is 2. The molecule has 0 spiro atoms. The molecule has 0 atom stereocenters. The maximum Gasteiger partial charge on any atom is 0.269 e. The molecule has 9 heteroatoms. The Morgan fingerprint density at radius 3 is 1.33 bits per heavy atom. The number of carbonyl (C=O) groups is 2. The van der Waals surface area contributed by atoms with Crippen LogP contribution >= 0.6 is 44.1 Å². The van der Waals surface area contributed by atoms with E-state index in [-0.39, 0.29) is 16.9 Å². The van der Waals surface area contributed by atoms with Gasteiger partial charge in [-0.15, -0.1) is 0 Å². The molecule has 0 heterocycles. The monoisotopic (exact) mass is 470 g/mol. The summed E-state index contributed by atoms with van der Waals surface area (Å²) in [5, 5.41) is 0.0472. The Morgan fingerprint density at radius 2 is 1.00 bits per heavy atom. The van der Waals surface area contributed by atoms with E-state index >= 15 is 0 Å². The minimum absolute atomic E-state index is 0.0472. The Balaban J connectivity index is 1.77. The molecule has 0 bridgehead atoms. The zero-order valence-corrected chi connectivity index (χ0v) is 16.1. The predicted octanol–water partition coefficient (Wildman–Crippen LogP) is 2.67. The molecular formula is C15H12Br2N4O2S. The summed E-state index contributed by atoms with van der Waals surface area (Å²) >= 11 is 11.6.